The molecule has 2 aromatic carbocycles. The van der Waals surface area contributed by atoms with Crippen molar-refractivity contribution in [3.05, 3.63) is 76.2 Å². The molecule has 0 amide bonds. The van der Waals surface area contributed by atoms with Crippen LogP contribution in [0.15, 0.2) is 59.7 Å². The SMILES string of the molecule is [N-]=[N+]=NCCCCCCOc1ccc(C[C@H](N)C(=O)OCc2ccccc2)cc1. The summed E-state index contributed by atoms with van der Waals surface area (Å²) in [6, 6.07) is 16.4. The van der Waals surface area contributed by atoms with Gasteiger partial charge in [0, 0.05) is 11.5 Å². The third kappa shape index (κ3) is 9.14. The van der Waals surface area contributed by atoms with Gasteiger partial charge in [-0.3, -0.25) is 4.79 Å². The number of azide groups is 1. The van der Waals surface area contributed by atoms with Crippen LogP contribution in [0.25, 0.3) is 10.4 Å². The summed E-state index contributed by atoms with van der Waals surface area (Å²) < 4.78 is 11.0. The van der Waals surface area contributed by atoms with Crippen molar-refractivity contribution in [2.24, 2.45) is 10.8 Å². The summed E-state index contributed by atoms with van der Waals surface area (Å²) in [6.45, 7) is 1.43. The van der Waals surface area contributed by atoms with Gasteiger partial charge < -0.3 is 15.2 Å². The Morgan fingerprint density at radius 3 is 2.45 bits per heavy atom. The number of hydrogen-bond acceptors (Lipinski definition) is 5. The molecule has 0 bridgehead atoms. The second kappa shape index (κ2) is 13.2. The molecule has 0 saturated heterocycles. The van der Waals surface area contributed by atoms with E-state index in [0.717, 1.165) is 42.6 Å². The highest BCUT2D eigenvalue weighted by Gasteiger charge is 2.15. The smallest absolute Gasteiger partial charge is 0.323 e. The average Bonchev–Trinajstić information content (AvgIpc) is 2.75. The first-order valence-electron chi connectivity index (χ1n) is 9.88. The Hall–Kier alpha value is -3.02. The summed E-state index contributed by atoms with van der Waals surface area (Å²) in [7, 11) is 0. The molecular formula is C22H28N4O3. The largest absolute Gasteiger partial charge is 0.494 e. The Morgan fingerprint density at radius 2 is 1.72 bits per heavy atom. The average molecular weight is 396 g/mol. The van der Waals surface area contributed by atoms with Crippen LogP contribution in [0.2, 0.25) is 0 Å². The third-order valence-electron chi connectivity index (χ3n) is 4.39. The second-order valence-corrected chi connectivity index (χ2v) is 6.77. The first-order chi connectivity index (χ1) is 14.2. The molecule has 0 unspecified atom stereocenters. The van der Waals surface area contributed by atoms with E-state index in [1.807, 2.05) is 54.6 Å². The van der Waals surface area contributed by atoms with Crippen LogP contribution in [-0.2, 0) is 22.6 Å². The summed E-state index contributed by atoms with van der Waals surface area (Å²) in [5.41, 5.74) is 16.1. The van der Waals surface area contributed by atoms with Crippen LogP contribution in [0.5, 0.6) is 5.75 Å². The van der Waals surface area contributed by atoms with Gasteiger partial charge in [-0.25, -0.2) is 0 Å². The number of rotatable bonds is 13. The number of esters is 1. The van der Waals surface area contributed by atoms with Gasteiger partial charge in [0.25, 0.3) is 0 Å². The molecule has 7 heteroatoms. The highest BCUT2D eigenvalue weighted by Crippen LogP contribution is 2.14. The Bertz CT molecular complexity index is 774. The van der Waals surface area contributed by atoms with Gasteiger partial charge in [-0.2, -0.15) is 0 Å². The van der Waals surface area contributed by atoms with Gasteiger partial charge in [-0.05, 0) is 48.1 Å². The molecule has 2 aromatic rings. The first-order valence-corrected chi connectivity index (χ1v) is 9.88. The molecule has 0 heterocycles. The number of benzene rings is 2. The third-order valence-corrected chi connectivity index (χ3v) is 4.39. The van der Waals surface area contributed by atoms with Crippen molar-refractivity contribution in [1.29, 1.82) is 0 Å². The van der Waals surface area contributed by atoms with Gasteiger partial charge in [0.1, 0.15) is 18.4 Å². The van der Waals surface area contributed by atoms with Gasteiger partial charge in [0.05, 0.1) is 6.61 Å². The number of nitrogens with two attached hydrogens (primary N) is 1. The minimum Gasteiger partial charge on any atom is -0.494 e. The van der Waals surface area contributed by atoms with E-state index in [0.29, 0.717) is 19.6 Å². The van der Waals surface area contributed by atoms with E-state index in [1.165, 1.54) is 0 Å². The van der Waals surface area contributed by atoms with E-state index in [9.17, 15) is 4.79 Å². The summed E-state index contributed by atoms with van der Waals surface area (Å²) in [5.74, 6) is 0.387. The van der Waals surface area contributed by atoms with E-state index in [1.54, 1.807) is 0 Å². The quantitative estimate of drug-likeness (QED) is 0.176. The van der Waals surface area contributed by atoms with E-state index >= 15 is 0 Å². The number of hydrogen-bond donors (Lipinski definition) is 1. The molecule has 0 aliphatic carbocycles. The lowest BCUT2D eigenvalue weighted by Crippen LogP contribution is -2.34. The molecule has 0 fully saturated rings. The zero-order valence-corrected chi connectivity index (χ0v) is 16.6. The first kappa shape index (κ1) is 22.3. The zero-order chi connectivity index (χ0) is 20.7. The van der Waals surface area contributed by atoms with Crippen LogP contribution >= 0.6 is 0 Å². The maximum Gasteiger partial charge on any atom is 0.323 e. The minimum atomic E-state index is -0.698. The van der Waals surface area contributed by atoms with Crippen LogP contribution in [0.4, 0.5) is 0 Å². The number of unbranched alkanes of at least 4 members (excludes halogenated alkanes) is 3. The molecule has 0 aromatic heterocycles. The molecule has 0 saturated carbocycles. The zero-order valence-electron chi connectivity index (χ0n) is 16.6. The van der Waals surface area contributed by atoms with Gasteiger partial charge in [-0.15, -0.1) is 0 Å². The van der Waals surface area contributed by atoms with Crippen molar-refractivity contribution in [3.8, 4) is 5.75 Å². The van der Waals surface area contributed by atoms with E-state index in [-0.39, 0.29) is 6.61 Å². The van der Waals surface area contributed by atoms with Crippen molar-refractivity contribution < 1.29 is 14.3 Å². The van der Waals surface area contributed by atoms with E-state index in [2.05, 4.69) is 10.0 Å². The maximum atomic E-state index is 12.1. The Morgan fingerprint density at radius 1 is 1.00 bits per heavy atom. The van der Waals surface area contributed by atoms with Crippen molar-refractivity contribution in [1.82, 2.24) is 0 Å². The Labute approximate surface area is 171 Å². The number of carbonyl (C=O) groups is 1. The fourth-order valence-corrected chi connectivity index (χ4v) is 2.77. The molecule has 29 heavy (non-hydrogen) atoms. The number of carbonyl (C=O) groups excluding carboxylic acids is 1. The van der Waals surface area contributed by atoms with Gasteiger partial charge in [-0.1, -0.05) is 60.4 Å². The molecule has 0 radical (unpaired) electrons. The maximum absolute atomic E-state index is 12.1. The minimum absolute atomic E-state index is 0.228. The lowest BCUT2D eigenvalue weighted by Gasteiger charge is -2.12. The van der Waals surface area contributed by atoms with Gasteiger partial charge in [0.2, 0.25) is 0 Å². The Kier molecular flexibility index (Phi) is 10.1. The van der Waals surface area contributed by atoms with E-state index < -0.39 is 12.0 Å². The fourth-order valence-electron chi connectivity index (χ4n) is 2.77. The molecule has 7 nitrogen and oxygen atoms in total. The van der Waals surface area contributed by atoms with Crippen LogP contribution in [0.1, 0.15) is 36.8 Å². The monoisotopic (exact) mass is 396 g/mol. The van der Waals surface area contributed by atoms with Crippen molar-refractivity contribution in [2.75, 3.05) is 13.2 Å². The normalized spacial score (nSPS) is 11.3. The predicted molar refractivity (Wildman–Crippen MR) is 112 cm³/mol. The van der Waals surface area contributed by atoms with Crippen LogP contribution in [-0.4, -0.2) is 25.2 Å². The van der Waals surface area contributed by atoms with Crippen molar-refractivity contribution >= 4 is 5.97 Å². The van der Waals surface area contributed by atoms with Gasteiger partial charge in [0.15, 0.2) is 0 Å². The predicted octanol–water partition coefficient (Wildman–Crippen LogP) is 4.55. The Balaban J connectivity index is 1.64. The van der Waals surface area contributed by atoms with Crippen LogP contribution in [0.3, 0.4) is 0 Å². The number of nitrogens with zero attached hydrogens (tertiary/aromatic N) is 3. The second-order valence-electron chi connectivity index (χ2n) is 6.77. The molecule has 2 rings (SSSR count). The molecule has 0 spiro atoms. The lowest BCUT2D eigenvalue weighted by molar-refractivity contribution is -0.146. The summed E-state index contributed by atoms with van der Waals surface area (Å²) >= 11 is 0. The van der Waals surface area contributed by atoms with Crippen LogP contribution in [0, 0.1) is 0 Å². The fraction of sp³-hybridized carbons (Fsp3) is 0.409. The van der Waals surface area contributed by atoms with Crippen molar-refractivity contribution in [2.45, 2.75) is 44.8 Å². The van der Waals surface area contributed by atoms with Crippen molar-refractivity contribution in [3.63, 3.8) is 0 Å². The molecule has 0 aliphatic rings. The number of ether oxygens (including phenoxy) is 2. The summed E-state index contributed by atoms with van der Waals surface area (Å²) in [4.78, 5) is 14.8. The molecule has 1 atom stereocenters. The van der Waals surface area contributed by atoms with Crippen LogP contribution < -0.4 is 10.5 Å². The molecule has 0 aliphatic heterocycles. The highest BCUT2D eigenvalue weighted by molar-refractivity contribution is 5.75. The topological polar surface area (TPSA) is 110 Å². The summed E-state index contributed by atoms with van der Waals surface area (Å²) in [6.07, 6.45) is 4.35. The van der Waals surface area contributed by atoms with Gasteiger partial charge >= 0.3 is 5.97 Å². The standard InChI is InChI=1S/C22H28N4O3/c23-21(22(27)29-17-19-8-4-3-5-9-19)16-18-10-12-20(13-11-18)28-15-7-2-1-6-14-25-26-24/h3-5,8-13,21H,1-2,6-7,14-17,23H2/t21-/m0/s1. The molecule has 154 valence electrons. The molecular weight excluding hydrogens is 368 g/mol. The lowest BCUT2D eigenvalue weighted by atomic mass is 10.1. The summed E-state index contributed by atoms with van der Waals surface area (Å²) in [5, 5.41) is 3.51. The highest BCUT2D eigenvalue weighted by atomic mass is 16.5. The van der Waals surface area contributed by atoms with E-state index in [4.69, 9.17) is 20.7 Å². The molecule has 2 N–H and O–H groups in total.